The molecular formula is C55H60I9N7O16. The lowest BCUT2D eigenvalue weighted by Crippen LogP contribution is -2.25. The normalized spacial score (nSPS) is 10.6. The molecule has 7 N–H and O–H groups in total. The number of amides is 7. The van der Waals surface area contributed by atoms with Gasteiger partial charge < -0.3 is 56.2 Å². The van der Waals surface area contributed by atoms with E-state index in [1.807, 2.05) is 142 Å². The first-order valence-electron chi connectivity index (χ1n) is 25.1. The minimum Gasteiger partial charge on any atom is -0.459 e. The van der Waals surface area contributed by atoms with E-state index in [0.29, 0.717) is 104 Å². The number of benzene rings is 3. The number of carbonyl (C=O) groups is 12. The molecule has 3 rings (SSSR count). The summed E-state index contributed by atoms with van der Waals surface area (Å²) in [6.07, 6.45) is -0.941. The maximum Gasteiger partial charge on any atom is 0.511 e. The van der Waals surface area contributed by atoms with Crippen molar-refractivity contribution >= 4 is 303 Å². The lowest BCUT2D eigenvalue weighted by molar-refractivity contribution is -0.141. The number of carbonyl (C=O) groups excluding carboxylic acids is 12. The Bertz CT molecular complexity index is 3210. The molecule has 23 nitrogen and oxygen atoms in total. The van der Waals surface area contributed by atoms with Crippen molar-refractivity contribution in [3.63, 3.8) is 0 Å². The van der Waals surface area contributed by atoms with Crippen LogP contribution in [-0.2, 0) is 57.3 Å². The van der Waals surface area contributed by atoms with Crippen LogP contribution in [0.4, 0.5) is 33.2 Å². The van der Waals surface area contributed by atoms with E-state index in [1.54, 1.807) is 13.8 Å². The van der Waals surface area contributed by atoms with Crippen LogP contribution in [0.2, 0.25) is 0 Å². The first-order chi connectivity index (χ1) is 40.3. The third-order valence-corrected chi connectivity index (χ3v) is 20.6. The zero-order chi connectivity index (χ0) is 67.1. The van der Waals surface area contributed by atoms with Crippen molar-refractivity contribution in [3.05, 3.63) is 90.8 Å². The molecule has 1 unspecified atom stereocenters. The summed E-state index contributed by atoms with van der Waals surface area (Å²) in [5.41, 5.74) is 5.50. The molecule has 0 aliphatic rings. The van der Waals surface area contributed by atoms with Gasteiger partial charge in [-0.25, -0.2) is 14.4 Å². The number of ketones is 2. The van der Waals surface area contributed by atoms with Crippen molar-refractivity contribution in [2.75, 3.05) is 52.9 Å². The van der Waals surface area contributed by atoms with Crippen LogP contribution in [0, 0.1) is 39.1 Å². The van der Waals surface area contributed by atoms with Crippen molar-refractivity contribution in [1.82, 2.24) is 10.6 Å². The molecule has 0 aliphatic carbocycles. The Balaban J connectivity index is 0.000000661. The van der Waals surface area contributed by atoms with Gasteiger partial charge >= 0.3 is 18.1 Å². The highest BCUT2D eigenvalue weighted by molar-refractivity contribution is 14.1. The summed E-state index contributed by atoms with van der Waals surface area (Å²) in [5.74, 6) is -3.52. The van der Waals surface area contributed by atoms with Crippen LogP contribution in [0.3, 0.4) is 0 Å². The molecule has 0 saturated heterocycles. The van der Waals surface area contributed by atoms with Crippen molar-refractivity contribution < 1.29 is 76.5 Å². The Hall–Kier alpha value is -2.71. The molecule has 0 aliphatic heterocycles. The molecule has 32 heteroatoms. The second kappa shape index (κ2) is 40.3. The summed E-state index contributed by atoms with van der Waals surface area (Å²) in [5, 5.41) is 19.0. The van der Waals surface area contributed by atoms with Gasteiger partial charge in [-0.05, 0) is 249 Å². The maximum atomic E-state index is 12.9. The molecule has 87 heavy (non-hydrogen) atoms. The van der Waals surface area contributed by atoms with Crippen LogP contribution in [0.1, 0.15) is 125 Å². The van der Waals surface area contributed by atoms with Gasteiger partial charge in [-0.15, -0.1) is 0 Å². The standard InChI is InChI=1S/C20H21I3N2O9.C18H20I3N3O4.C17H19I3N2O3/c1-8(2)18(28)31-6-7-32-20(30)34-11(5)33-19(29)12-13(21)16(24-9(3)26)15(23)17(14(12)22)25-10(4)27;1-8(2)18(28)22-7-5-6-11(27)12-13(19)16(23-9(3)25)15(21)17(14(12)20)24-10(4)26;1-8(2)17(25)21-7-5-6-11(24)12-13(18)9(3)14(19)16(15(12)20)22-10(4)23/h11H,1,6-7H2,2-5H3,(H,24,26)(H,25,27);1,5-7H2,2-4H3,(H,22,28)(H,23,25)(H,24,26);1,5-7H2,2-4H3,(H,21,25)(H,22,23). The molecule has 0 heterocycles. The van der Waals surface area contributed by atoms with Gasteiger partial charge in [0.25, 0.3) is 0 Å². The van der Waals surface area contributed by atoms with Gasteiger partial charge in [0.2, 0.25) is 47.6 Å². The molecule has 0 aromatic heterocycles. The Kier molecular flexibility index (Phi) is 38.1. The first-order valence-corrected chi connectivity index (χ1v) is 34.8. The zero-order valence-electron chi connectivity index (χ0n) is 48.3. The molecule has 1 atom stereocenters. The third kappa shape index (κ3) is 27.2. The quantitative estimate of drug-likeness (QED) is 0.00833. The molecular weight excluding hydrogens is 2160 g/mol. The fourth-order valence-electron chi connectivity index (χ4n) is 6.45. The lowest BCUT2D eigenvalue weighted by Gasteiger charge is -2.20. The predicted molar refractivity (Wildman–Crippen MR) is 406 cm³/mol. The molecule has 0 radical (unpaired) electrons. The number of rotatable bonds is 24. The lowest BCUT2D eigenvalue weighted by atomic mass is 10.0. The topological polar surface area (TPSA) is 326 Å². The van der Waals surface area contributed by atoms with E-state index < -0.39 is 24.4 Å². The molecule has 0 fully saturated rings. The Morgan fingerprint density at radius 1 is 0.414 bits per heavy atom. The van der Waals surface area contributed by atoms with E-state index >= 15 is 0 Å². The van der Waals surface area contributed by atoms with Crippen LogP contribution in [0.5, 0.6) is 0 Å². The van der Waals surface area contributed by atoms with Crippen LogP contribution in [0.25, 0.3) is 0 Å². The number of halogens is 9. The van der Waals surface area contributed by atoms with E-state index in [-0.39, 0.29) is 83.7 Å². The summed E-state index contributed by atoms with van der Waals surface area (Å²) in [6, 6.07) is 0. The average molecular weight is 2220 g/mol. The van der Waals surface area contributed by atoms with Crippen LogP contribution >= 0.6 is 203 Å². The Morgan fingerprint density at radius 3 is 1.05 bits per heavy atom. The zero-order valence-corrected chi connectivity index (χ0v) is 67.7. The third-order valence-electron chi connectivity index (χ3n) is 10.4. The summed E-state index contributed by atoms with van der Waals surface area (Å²) in [7, 11) is 0. The second-order valence-electron chi connectivity index (χ2n) is 18.1. The minimum absolute atomic E-state index is 0.00414. The molecule has 0 saturated carbocycles. The molecule has 0 spiro atoms. The SMILES string of the molecule is C=C(C)C(=O)NCCCC(=O)c1c(I)c(C)c(I)c(NC(C)=O)c1I.C=C(C)C(=O)NCCCC(=O)c1c(I)c(NC(C)=O)c(I)c(NC(C)=O)c1I.C=C(C)C(=O)OCCOC(=O)OC(C)OC(=O)c1c(I)c(NC(C)=O)c(I)c(NC(C)=O)c1I. The Morgan fingerprint density at radius 2 is 0.724 bits per heavy atom. The van der Waals surface area contributed by atoms with E-state index in [4.69, 9.17) is 18.9 Å². The molecule has 0 bridgehead atoms. The van der Waals surface area contributed by atoms with Gasteiger partial charge in [0, 0.05) is 113 Å². The Labute approximate surface area is 626 Å². The summed E-state index contributed by atoms with van der Waals surface area (Å²) in [4.78, 5) is 143. The summed E-state index contributed by atoms with van der Waals surface area (Å²) >= 11 is 18.3. The van der Waals surface area contributed by atoms with Crippen molar-refractivity contribution in [2.45, 2.75) is 101 Å². The van der Waals surface area contributed by atoms with E-state index in [9.17, 15) is 57.5 Å². The van der Waals surface area contributed by atoms with Gasteiger partial charge in [-0.1, -0.05) is 19.7 Å². The fraction of sp³-hybridized carbons (Fsp3) is 0.345. The molecule has 3 aromatic rings. The average Bonchev–Trinajstić information content (AvgIpc) is 0.920. The van der Waals surface area contributed by atoms with Gasteiger partial charge in [-0.2, -0.15) is 0 Å². The summed E-state index contributed by atoms with van der Waals surface area (Å²) < 4.78 is 25.4. The largest absolute Gasteiger partial charge is 0.511 e. The van der Waals surface area contributed by atoms with Crippen LogP contribution in [-0.4, -0.2) is 104 Å². The highest BCUT2D eigenvalue weighted by atomic mass is 127. The van der Waals surface area contributed by atoms with Crippen LogP contribution in [0.15, 0.2) is 36.5 Å². The number of Topliss-reactive ketones (excluding diaryl/α,β-unsaturated/α-hetero) is 2. The summed E-state index contributed by atoms with van der Waals surface area (Å²) in [6.45, 7) is 25.7. The van der Waals surface area contributed by atoms with Crippen molar-refractivity contribution in [1.29, 1.82) is 0 Å². The van der Waals surface area contributed by atoms with E-state index in [2.05, 4.69) is 125 Å². The monoisotopic (exact) mass is 2220 g/mol. The molecule has 3 aromatic carbocycles. The fourth-order valence-corrected chi connectivity index (χ4v) is 18.9. The smallest absolute Gasteiger partial charge is 0.459 e. The maximum absolute atomic E-state index is 12.9. The molecule has 7 amide bonds. The highest BCUT2D eigenvalue weighted by Gasteiger charge is 2.30. The number of esters is 2. The van der Waals surface area contributed by atoms with E-state index in [1.165, 1.54) is 48.5 Å². The van der Waals surface area contributed by atoms with Gasteiger partial charge in [0.15, 0.2) is 11.6 Å². The number of anilines is 5. The number of hydrogen-bond donors (Lipinski definition) is 7. The van der Waals surface area contributed by atoms with Crippen molar-refractivity contribution in [3.8, 4) is 0 Å². The second-order valence-corrected chi connectivity index (χ2v) is 27.8. The van der Waals surface area contributed by atoms with Gasteiger partial charge in [0.05, 0.1) is 48.3 Å². The number of ether oxygens (including phenoxy) is 4. The molecule has 474 valence electrons. The number of hydrogen-bond acceptors (Lipinski definition) is 16. The van der Waals surface area contributed by atoms with Gasteiger partial charge in [-0.3, -0.25) is 43.2 Å². The van der Waals surface area contributed by atoms with Crippen LogP contribution < -0.4 is 37.2 Å². The number of nitrogens with one attached hydrogen (secondary N) is 7. The van der Waals surface area contributed by atoms with Crippen molar-refractivity contribution in [2.24, 2.45) is 0 Å². The first kappa shape index (κ1) is 82.3. The minimum atomic E-state index is -1.34. The van der Waals surface area contributed by atoms with E-state index in [0.717, 1.165) is 16.3 Å². The highest BCUT2D eigenvalue weighted by Crippen LogP contribution is 2.41. The predicted octanol–water partition coefficient (Wildman–Crippen LogP) is 12.7. The van der Waals surface area contributed by atoms with Gasteiger partial charge in [0.1, 0.15) is 13.2 Å².